The molecule has 0 aromatic carbocycles. The lowest BCUT2D eigenvalue weighted by molar-refractivity contribution is -0.137. The molecule has 6 heteroatoms. The van der Waals surface area contributed by atoms with Crippen LogP contribution in [0.15, 0.2) is 18.3 Å². The number of anilines is 1. The summed E-state index contributed by atoms with van der Waals surface area (Å²) in [6.45, 7) is 5.10. The van der Waals surface area contributed by atoms with Gasteiger partial charge in [-0.2, -0.15) is 13.2 Å². The SMILES string of the molecule is CC(C)C1(N)CN(c2cc(C(F)(F)F)ccn2)C1. The number of nitrogens with zero attached hydrogens (tertiary/aromatic N) is 2. The van der Waals surface area contributed by atoms with Gasteiger partial charge < -0.3 is 10.6 Å². The summed E-state index contributed by atoms with van der Waals surface area (Å²) in [7, 11) is 0. The van der Waals surface area contributed by atoms with Crippen LogP contribution < -0.4 is 10.6 Å². The Hall–Kier alpha value is -1.30. The average Bonchev–Trinajstić information content (AvgIpc) is 2.23. The van der Waals surface area contributed by atoms with Crippen molar-refractivity contribution in [1.82, 2.24) is 4.98 Å². The molecule has 0 atom stereocenters. The van der Waals surface area contributed by atoms with Crippen LogP contribution in [0.1, 0.15) is 19.4 Å². The number of aromatic nitrogens is 1. The van der Waals surface area contributed by atoms with Gasteiger partial charge in [0.15, 0.2) is 0 Å². The molecule has 18 heavy (non-hydrogen) atoms. The summed E-state index contributed by atoms with van der Waals surface area (Å²) in [6, 6.07) is 2.04. The molecular weight excluding hydrogens is 243 g/mol. The first-order chi connectivity index (χ1) is 8.22. The third-order valence-corrected chi connectivity index (χ3v) is 3.52. The van der Waals surface area contributed by atoms with Crippen LogP contribution in [0.25, 0.3) is 0 Å². The normalized spacial score (nSPS) is 18.9. The van der Waals surface area contributed by atoms with E-state index >= 15 is 0 Å². The summed E-state index contributed by atoms with van der Waals surface area (Å²) < 4.78 is 37.7. The minimum atomic E-state index is -4.33. The summed E-state index contributed by atoms with van der Waals surface area (Å²) in [6.07, 6.45) is -3.15. The zero-order valence-corrected chi connectivity index (χ0v) is 10.3. The molecule has 100 valence electrons. The molecule has 3 nitrogen and oxygen atoms in total. The van der Waals surface area contributed by atoms with Gasteiger partial charge in [-0.05, 0) is 18.1 Å². The Kier molecular flexibility index (Phi) is 3.01. The van der Waals surface area contributed by atoms with Crippen LogP contribution in [0, 0.1) is 5.92 Å². The van der Waals surface area contributed by atoms with Crippen molar-refractivity contribution in [2.45, 2.75) is 25.6 Å². The van der Waals surface area contributed by atoms with Crippen molar-refractivity contribution in [3.8, 4) is 0 Å². The van der Waals surface area contributed by atoms with Gasteiger partial charge in [-0.3, -0.25) is 0 Å². The number of rotatable bonds is 2. The Balaban J connectivity index is 2.13. The average molecular weight is 259 g/mol. The maximum atomic E-state index is 12.6. The zero-order valence-electron chi connectivity index (χ0n) is 10.3. The molecule has 2 N–H and O–H groups in total. The van der Waals surface area contributed by atoms with Crippen molar-refractivity contribution in [1.29, 1.82) is 0 Å². The Labute approximate surface area is 104 Å². The van der Waals surface area contributed by atoms with Gasteiger partial charge in [0.25, 0.3) is 0 Å². The molecule has 0 aliphatic carbocycles. The van der Waals surface area contributed by atoms with Crippen LogP contribution in [-0.2, 0) is 6.18 Å². The lowest BCUT2D eigenvalue weighted by Gasteiger charge is -2.51. The quantitative estimate of drug-likeness (QED) is 0.886. The molecule has 1 aromatic rings. The predicted octanol–water partition coefficient (Wildman–Crippen LogP) is 2.27. The lowest BCUT2D eigenvalue weighted by Crippen LogP contribution is -2.70. The van der Waals surface area contributed by atoms with E-state index in [1.54, 1.807) is 4.90 Å². The van der Waals surface area contributed by atoms with Crippen LogP contribution >= 0.6 is 0 Å². The molecular formula is C12H16F3N3. The highest BCUT2D eigenvalue weighted by Gasteiger charge is 2.43. The van der Waals surface area contributed by atoms with Gasteiger partial charge in [-0.25, -0.2) is 4.98 Å². The van der Waals surface area contributed by atoms with Crippen LogP contribution in [0.3, 0.4) is 0 Å². The molecule has 0 spiro atoms. The van der Waals surface area contributed by atoms with E-state index in [0.29, 0.717) is 24.8 Å². The van der Waals surface area contributed by atoms with E-state index in [2.05, 4.69) is 4.98 Å². The van der Waals surface area contributed by atoms with E-state index in [-0.39, 0.29) is 5.54 Å². The van der Waals surface area contributed by atoms with E-state index in [4.69, 9.17) is 5.73 Å². The van der Waals surface area contributed by atoms with Crippen LogP contribution in [0.2, 0.25) is 0 Å². The molecule has 1 aromatic heterocycles. The first-order valence-electron chi connectivity index (χ1n) is 5.79. The Bertz CT molecular complexity index is 436. The van der Waals surface area contributed by atoms with Crippen molar-refractivity contribution in [3.63, 3.8) is 0 Å². The third kappa shape index (κ3) is 2.29. The fourth-order valence-electron chi connectivity index (χ4n) is 1.96. The molecule has 0 unspecified atom stereocenters. The Morgan fingerprint density at radius 1 is 1.39 bits per heavy atom. The second-order valence-corrected chi connectivity index (χ2v) is 5.14. The molecule has 2 heterocycles. The first kappa shape index (κ1) is 13.1. The number of nitrogens with two attached hydrogens (primary N) is 1. The van der Waals surface area contributed by atoms with Crippen molar-refractivity contribution in [2.75, 3.05) is 18.0 Å². The predicted molar refractivity (Wildman–Crippen MR) is 63.2 cm³/mol. The van der Waals surface area contributed by atoms with E-state index in [1.165, 1.54) is 6.20 Å². The van der Waals surface area contributed by atoms with Gasteiger partial charge in [0.2, 0.25) is 0 Å². The number of hydrogen-bond acceptors (Lipinski definition) is 3. The summed E-state index contributed by atoms with van der Waals surface area (Å²) in [5.74, 6) is 0.631. The first-order valence-corrected chi connectivity index (χ1v) is 5.79. The monoisotopic (exact) mass is 259 g/mol. The molecule has 0 bridgehead atoms. The largest absolute Gasteiger partial charge is 0.416 e. The van der Waals surface area contributed by atoms with Gasteiger partial charge in [0, 0.05) is 19.3 Å². The smallest absolute Gasteiger partial charge is 0.353 e. The molecule has 0 saturated carbocycles. The highest BCUT2D eigenvalue weighted by molar-refractivity contribution is 5.47. The van der Waals surface area contributed by atoms with Crippen LogP contribution in [-0.4, -0.2) is 23.6 Å². The number of pyridine rings is 1. The maximum Gasteiger partial charge on any atom is 0.416 e. The molecule has 1 fully saturated rings. The highest BCUT2D eigenvalue weighted by atomic mass is 19.4. The summed E-state index contributed by atoms with van der Waals surface area (Å²) in [4.78, 5) is 5.74. The topological polar surface area (TPSA) is 42.1 Å². The molecule has 1 aliphatic rings. The third-order valence-electron chi connectivity index (χ3n) is 3.52. The molecule has 0 amide bonds. The van der Waals surface area contributed by atoms with Gasteiger partial charge in [-0.15, -0.1) is 0 Å². The molecule has 1 aliphatic heterocycles. The second kappa shape index (κ2) is 4.12. The summed E-state index contributed by atoms with van der Waals surface area (Å²) >= 11 is 0. The minimum Gasteiger partial charge on any atom is -0.353 e. The molecule has 0 radical (unpaired) electrons. The fourth-order valence-corrected chi connectivity index (χ4v) is 1.96. The fraction of sp³-hybridized carbons (Fsp3) is 0.583. The maximum absolute atomic E-state index is 12.6. The van der Waals surface area contributed by atoms with Gasteiger partial charge in [-0.1, -0.05) is 13.8 Å². The van der Waals surface area contributed by atoms with E-state index < -0.39 is 11.7 Å². The lowest BCUT2D eigenvalue weighted by atomic mass is 9.80. The van der Waals surface area contributed by atoms with Crippen molar-refractivity contribution in [2.24, 2.45) is 11.7 Å². The molecule has 2 rings (SSSR count). The van der Waals surface area contributed by atoms with Crippen molar-refractivity contribution < 1.29 is 13.2 Å². The van der Waals surface area contributed by atoms with E-state index in [9.17, 15) is 13.2 Å². The van der Waals surface area contributed by atoms with E-state index in [1.807, 2.05) is 13.8 Å². The number of halogens is 3. The van der Waals surface area contributed by atoms with Crippen molar-refractivity contribution in [3.05, 3.63) is 23.9 Å². The van der Waals surface area contributed by atoms with E-state index in [0.717, 1.165) is 12.1 Å². The Morgan fingerprint density at radius 2 is 2.00 bits per heavy atom. The number of hydrogen-bond donors (Lipinski definition) is 1. The summed E-state index contributed by atoms with van der Waals surface area (Å²) in [5.41, 5.74) is 5.11. The minimum absolute atomic E-state index is 0.291. The van der Waals surface area contributed by atoms with Crippen LogP contribution in [0.5, 0.6) is 0 Å². The molecule has 1 saturated heterocycles. The van der Waals surface area contributed by atoms with Gasteiger partial charge in [0.05, 0.1) is 11.1 Å². The van der Waals surface area contributed by atoms with Gasteiger partial charge >= 0.3 is 6.18 Å². The Morgan fingerprint density at radius 3 is 2.50 bits per heavy atom. The van der Waals surface area contributed by atoms with Crippen LogP contribution in [0.4, 0.5) is 19.0 Å². The van der Waals surface area contributed by atoms with Crippen molar-refractivity contribution >= 4 is 5.82 Å². The zero-order chi connectivity index (χ0) is 13.6. The highest BCUT2D eigenvalue weighted by Crippen LogP contribution is 2.34. The number of alkyl halides is 3. The summed E-state index contributed by atoms with van der Waals surface area (Å²) in [5, 5.41) is 0. The van der Waals surface area contributed by atoms with Gasteiger partial charge in [0.1, 0.15) is 5.82 Å². The second-order valence-electron chi connectivity index (χ2n) is 5.14. The standard InChI is InChI=1S/C12H16F3N3/c1-8(2)11(16)6-18(7-11)10-5-9(3-4-17-10)12(13,14)15/h3-5,8H,6-7,16H2,1-2H3.